The summed E-state index contributed by atoms with van der Waals surface area (Å²) in [7, 11) is -3.93. The molecule has 0 radical (unpaired) electrons. The molecule has 1 fully saturated rings. The molecule has 2 aromatic rings. The van der Waals surface area contributed by atoms with Crippen LogP contribution in [0.5, 0.6) is 0 Å². The van der Waals surface area contributed by atoms with E-state index in [4.69, 9.17) is 33.2 Å². The number of ether oxygens (including phenoxy) is 1. The van der Waals surface area contributed by atoms with Crippen LogP contribution in [0.1, 0.15) is 18.4 Å². The highest BCUT2D eigenvalue weighted by molar-refractivity contribution is 7.89. The van der Waals surface area contributed by atoms with Crippen LogP contribution in [0.4, 0.5) is 5.69 Å². The van der Waals surface area contributed by atoms with E-state index in [1.165, 1.54) is 42.5 Å². The van der Waals surface area contributed by atoms with E-state index in [1.807, 2.05) is 6.07 Å². The molecule has 11 heteroatoms. The highest BCUT2D eigenvalue weighted by atomic mass is 35.5. The maximum Gasteiger partial charge on any atom is 0.324 e. The van der Waals surface area contributed by atoms with Crippen LogP contribution in [0.2, 0.25) is 10.0 Å². The number of hydrogen-bond acceptors (Lipinski definition) is 6. The maximum atomic E-state index is 12.9. The number of sulfonamides is 1. The third-order valence-electron chi connectivity index (χ3n) is 4.62. The number of carbonyl (C=O) groups is 2. The van der Waals surface area contributed by atoms with E-state index in [9.17, 15) is 18.0 Å². The Kier molecular flexibility index (Phi) is 7.18. The van der Waals surface area contributed by atoms with E-state index in [0.29, 0.717) is 16.5 Å². The Balaban J connectivity index is 1.65. The van der Waals surface area contributed by atoms with Crippen LogP contribution < -0.4 is 5.32 Å². The zero-order valence-corrected chi connectivity index (χ0v) is 18.4. The molecule has 8 nitrogen and oxygen atoms in total. The summed E-state index contributed by atoms with van der Waals surface area (Å²) in [5.41, 5.74) is 0.379. The van der Waals surface area contributed by atoms with Gasteiger partial charge in [0.1, 0.15) is 12.1 Å². The Hall–Kier alpha value is -2.64. The molecule has 3 rings (SSSR count). The van der Waals surface area contributed by atoms with Gasteiger partial charge < -0.3 is 10.1 Å². The Labute approximate surface area is 189 Å². The number of benzene rings is 2. The smallest absolute Gasteiger partial charge is 0.324 e. The van der Waals surface area contributed by atoms with Gasteiger partial charge in [-0.05, 0) is 55.3 Å². The normalized spacial score (nSPS) is 16.5. The second-order valence-electron chi connectivity index (χ2n) is 6.69. The van der Waals surface area contributed by atoms with Crippen molar-refractivity contribution in [3.63, 3.8) is 0 Å². The Morgan fingerprint density at radius 2 is 1.84 bits per heavy atom. The summed E-state index contributed by atoms with van der Waals surface area (Å²) in [6.45, 7) is -0.480. The predicted octanol–water partition coefficient (Wildman–Crippen LogP) is 3.20. The Bertz CT molecular complexity index is 1150. The number of nitrogens with zero attached hydrogens (tertiary/aromatic N) is 2. The van der Waals surface area contributed by atoms with Crippen LogP contribution in [0.3, 0.4) is 0 Å². The summed E-state index contributed by atoms with van der Waals surface area (Å²) in [6, 6.07) is 10.9. The first kappa shape index (κ1) is 23.0. The minimum absolute atomic E-state index is 0.0133. The lowest BCUT2D eigenvalue weighted by atomic mass is 10.2. The lowest BCUT2D eigenvalue weighted by Gasteiger charge is -2.22. The fourth-order valence-corrected chi connectivity index (χ4v) is 5.09. The van der Waals surface area contributed by atoms with Gasteiger partial charge in [0.2, 0.25) is 10.0 Å². The van der Waals surface area contributed by atoms with Crippen LogP contribution >= 0.6 is 23.2 Å². The fourth-order valence-electron chi connectivity index (χ4n) is 3.14. The SMILES string of the molecule is N#Cc1ccc(Cl)cc1NC(=O)COC(=O)[C@@H]1CCCN1S(=O)(=O)c1ccc(Cl)cc1. The van der Waals surface area contributed by atoms with Crippen LogP contribution in [-0.2, 0) is 24.3 Å². The molecule has 0 saturated carbocycles. The molecule has 1 N–H and O–H groups in total. The molecule has 0 bridgehead atoms. The van der Waals surface area contributed by atoms with Crippen molar-refractivity contribution in [2.45, 2.75) is 23.8 Å². The van der Waals surface area contributed by atoms with Crippen LogP contribution in [0.25, 0.3) is 0 Å². The molecule has 1 saturated heterocycles. The number of halogens is 2. The first-order valence-corrected chi connectivity index (χ1v) is 11.4. The second kappa shape index (κ2) is 9.66. The van der Waals surface area contributed by atoms with Crippen molar-refractivity contribution in [1.29, 1.82) is 5.26 Å². The molecular formula is C20H17Cl2N3O5S. The number of nitriles is 1. The minimum atomic E-state index is -3.93. The summed E-state index contributed by atoms with van der Waals surface area (Å²) < 4.78 is 31.9. The molecule has 31 heavy (non-hydrogen) atoms. The second-order valence-corrected chi connectivity index (χ2v) is 9.45. The maximum absolute atomic E-state index is 12.9. The third kappa shape index (κ3) is 5.35. The molecule has 1 aliphatic rings. The van der Waals surface area contributed by atoms with E-state index < -0.39 is 34.5 Å². The van der Waals surface area contributed by atoms with Gasteiger partial charge in [-0.2, -0.15) is 9.57 Å². The summed E-state index contributed by atoms with van der Waals surface area (Å²) in [5.74, 6) is -1.51. The highest BCUT2D eigenvalue weighted by Crippen LogP contribution is 2.27. The van der Waals surface area contributed by atoms with Gasteiger partial charge in [-0.25, -0.2) is 8.42 Å². The molecule has 1 atom stereocenters. The summed E-state index contributed by atoms with van der Waals surface area (Å²) in [5, 5.41) is 12.3. The minimum Gasteiger partial charge on any atom is -0.454 e. The summed E-state index contributed by atoms with van der Waals surface area (Å²) in [6.07, 6.45) is 0.757. The van der Waals surface area contributed by atoms with E-state index in [0.717, 1.165) is 4.31 Å². The number of esters is 1. The van der Waals surface area contributed by atoms with Crippen molar-refractivity contribution in [2.75, 3.05) is 18.5 Å². The summed E-state index contributed by atoms with van der Waals surface area (Å²) in [4.78, 5) is 24.7. The molecule has 0 unspecified atom stereocenters. The van der Waals surface area contributed by atoms with Gasteiger partial charge in [-0.15, -0.1) is 0 Å². The fraction of sp³-hybridized carbons (Fsp3) is 0.250. The van der Waals surface area contributed by atoms with E-state index in [2.05, 4.69) is 5.32 Å². The van der Waals surface area contributed by atoms with Gasteiger partial charge in [0, 0.05) is 16.6 Å². The Morgan fingerprint density at radius 1 is 1.16 bits per heavy atom. The van der Waals surface area contributed by atoms with Crippen LogP contribution in [0, 0.1) is 11.3 Å². The van der Waals surface area contributed by atoms with E-state index in [-0.39, 0.29) is 29.1 Å². The first-order chi connectivity index (χ1) is 14.7. The number of anilines is 1. The van der Waals surface area contributed by atoms with Gasteiger partial charge in [0.05, 0.1) is 16.1 Å². The molecule has 2 aromatic carbocycles. The molecule has 1 aliphatic heterocycles. The van der Waals surface area contributed by atoms with Crippen molar-refractivity contribution in [3.8, 4) is 6.07 Å². The van der Waals surface area contributed by atoms with Crippen molar-refractivity contribution in [1.82, 2.24) is 4.31 Å². The van der Waals surface area contributed by atoms with Gasteiger partial charge in [0.25, 0.3) is 5.91 Å². The van der Waals surface area contributed by atoms with Crippen molar-refractivity contribution >= 4 is 50.8 Å². The van der Waals surface area contributed by atoms with Crippen LogP contribution in [-0.4, -0.2) is 43.8 Å². The monoisotopic (exact) mass is 481 g/mol. The van der Waals surface area contributed by atoms with Crippen molar-refractivity contribution in [3.05, 3.63) is 58.1 Å². The van der Waals surface area contributed by atoms with E-state index >= 15 is 0 Å². The number of carbonyl (C=O) groups excluding carboxylic acids is 2. The van der Waals surface area contributed by atoms with Crippen molar-refractivity contribution < 1.29 is 22.7 Å². The lowest BCUT2D eigenvalue weighted by Crippen LogP contribution is -2.42. The average molecular weight is 482 g/mol. The molecule has 0 spiro atoms. The topological polar surface area (TPSA) is 117 Å². The molecule has 162 valence electrons. The van der Waals surface area contributed by atoms with Crippen molar-refractivity contribution in [2.24, 2.45) is 0 Å². The molecule has 1 heterocycles. The number of amides is 1. The largest absolute Gasteiger partial charge is 0.454 e. The average Bonchev–Trinajstić information content (AvgIpc) is 3.23. The van der Waals surface area contributed by atoms with Gasteiger partial charge in [0.15, 0.2) is 6.61 Å². The third-order valence-corrected chi connectivity index (χ3v) is 7.03. The molecule has 1 amide bonds. The molecule has 0 aliphatic carbocycles. The van der Waals surface area contributed by atoms with Gasteiger partial charge >= 0.3 is 5.97 Å². The van der Waals surface area contributed by atoms with E-state index in [1.54, 1.807) is 0 Å². The molecular weight excluding hydrogens is 465 g/mol. The van der Waals surface area contributed by atoms with Gasteiger partial charge in [-0.1, -0.05) is 23.2 Å². The highest BCUT2D eigenvalue weighted by Gasteiger charge is 2.40. The number of nitrogens with one attached hydrogen (secondary N) is 1. The number of hydrogen-bond donors (Lipinski definition) is 1. The predicted molar refractivity (Wildman–Crippen MR) is 114 cm³/mol. The number of rotatable bonds is 6. The summed E-state index contributed by atoms with van der Waals surface area (Å²) >= 11 is 11.7. The van der Waals surface area contributed by atoms with Crippen LogP contribution in [0.15, 0.2) is 47.4 Å². The standard InChI is InChI=1S/C20H17Cl2N3O5S/c21-14-5-7-16(8-6-14)31(28,29)25-9-1-2-18(25)20(27)30-12-19(26)24-17-10-15(22)4-3-13(17)11-23/h3-8,10,18H,1-2,9,12H2,(H,24,26)/t18-/m0/s1. The lowest BCUT2D eigenvalue weighted by molar-refractivity contribution is -0.150. The van der Waals surface area contributed by atoms with Gasteiger partial charge in [-0.3, -0.25) is 9.59 Å². The Morgan fingerprint density at radius 3 is 2.52 bits per heavy atom. The quantitative estimate of drug-likeness (QED) is 0.633. The molecule has 0 aromatic heterocycles. The zero-order valence-electron chi connectivity index (χ0n) is 16.0. The zero-order chi connectivity index (χ0) is 22.6. The first-order valence-electron chi connectivity index (χ1n) is 9.16.